The summed E-state index contributed by atoms with van der Waals surface area (Å²) in [4.78, 5) is 0. The van der Waals surface area contributed by atoms with Crippen molar-refractivity contribution in [2.24, 2.45) is 0 Å². The number of rotatable bonds is 2. The highest BCUT2D eigenvalue weighted by atomic mass is 16.7. The Balaban J connectivity index is 2.75. The normalized spacial score (nSPS) is 22.1. The van der Waals surface area contributed by atoms with Crippen molar-refractivity contribution in [2.75, 3.05) is 0 Å². The van der Waals surface area contributed by atoms with Crippen molar-refractivity contribution < 1.29 is 9.47 Å². The summed E-state index contributed by atoms with van der Waals surface area (Å²) in [5.41, 5.74) is -0.273. The lowest BCUT2D eigenvalue weighted by atomic mass is 9.92. The van der Waals surface area contributed by atoms with E-state index in [0.29, 0.717) is 0 Å². The van der Waals surface area contributed by atoms with Gasteiger partial charge in [0.15, 0.2) is 5.79 Å². The second-order valence-corrected chi connectivity index (χ2v) is 6.90. The minimum Gasteiger partial charge on any atom is -0.344 e. The van der Waals surface area contributed by atoms with Gasteiger partial charge in [0.25, 0.3) is 0 Å². The second kappa shape index (κ2) is 4.66. The van der Waals surface area contributed by atoms with E-state index in [0.717, 1.165) is 12.8 Å². The van der Waals surface area contributed by atoms with Crippen molar-refractivity contribution >= 4 is 0 Å². The summed E-state index contributed by atoms with van der Waals surface area (Å²) in [6.07, 6.45) is 5.80. The van der Waals surface area contributed by atoms with Gasteiger partial charge in [-0.1, -0.05) is 6.42 Å². The van der Waals surface area contributed by atoms with Crippen LogP contribution < -0.4 is 0 Å². The second-order valence-electron chi connectivity index (χ2n) is 6.90. The highest BCUT2D eigenvalue weighted by Crippen LogP contribution is 2.38. The van der Waals surface area contributed by atoms with E-state index in [9.17, 15) is 0 Å². The highest BCUT2D eigenvalue weighted by molar-refractivity contribution is 4.81. The Morgan fingerprint density at radius 1 is 0.688 bits per heavy atom. The van der Waals surface area contributed by atoms with Crippen LogP contribution >= 0.6 is 0 Å². The van der Waals surface area contributed by atoms with Crippen LogP contribution in [0, 0.1) is 0 Å². The zero-order chi connectivity index (χ0) is 12.4. The molecule has 0 amide bonds. The van der Waals surface area contributed by atoms with Crippen molar-refractivity contribution in [1.29, 1.82) is 0 Å². The van der Waals surface area contributed by atoms with E-state index in [2.05, 4.69) is 41.5 Å². The van der Waals surface area contributed by atoms with E-state index in [4.69, 9.17) is 9.47 Å². The molecule has 0 aromatic rings. The molecule has 0 unspecified atom stereocenters. The van der Waals surface area contributed by atoms with Crippen LogP contribution in [0.15, 0.2) is 0 Å². The average molecular weight is 228 g/mol. The van der Waals surface area contributed by atoms with Gasteiger partial charge in [0.05, 0.1) is 11.2 Å². The minimum absolute atomic E-state index is 0.136. The highest BCUT2D eigenvalue weighted by Gasteiger charge is 2.40. The summed E-state index contributed by atoms with van der Waals surface area (Å²) in [6.45, 7) is 12.6. The Labute approximate surface area is 101 Å². The van der Waals surface area contributed by atoms with Crippen LogP contribution in [0.4, 0.5) is 0 Å². The molecule has 0 spiro atoms. The standard InChI is InChI=1S/C14H28O2/c1-12(2,3)15-14(16-13(4,5)6)10-8-7-9-11-14/h7-11H2,1-6H3. The van der Waals surface area contributed by atoms with Gasteiger partial charge >= 0.3 is 0 Å². The summed E-state index contributed by atoms with van der Waals surface area (Å²) >= 11 is 0. The third kappa shape index (κ3) is 4.84. The SMILES string of the molecule is CC(C)(C)OC1(OC(C)(C)C)CCCCC1. The van der Waals surface area contributed by atoms with Gasteiger partial charge in [-0.3, -0.25) is 0 Å². The third-order valence-electron chi connectivity index (χ3n) is 2.60. The molecular weight excluding hydrogens is 200 g/mol. The summed E-state index contributed by atoms with van der Waals surface area (Å²) in [5.74, 6) is -0.352. The van der Waals surface area contributed by atoms with Gasteiger partial charge in [0.2, 0.25) is 0 Å². The first kappa shape index (κ1) is 14.0. The van der Waals surface area contributed by atoms with Crippen LogP contribution in [-0.4, -0.2) is 17.0 Å². The van der Waals surface area contributed by atoms with E-state index in [-0.39, 0.29) is 17.0 Å². The molecule has 0 bridgehead atoms. The maximum Gasteiger partial charge on any atom is 0.169 e. The zero-order valence-electron chi connectivity index (χ0n) is 11.9. The Morgan fingerprint density at radius 3 is 1.38 bits per heavy atom. The van der Waals surface area contributed by atoms with Gasteiger partial charge < -0.3 is 9.47 Å². The van der Waals surface area contributed by atoms with Crippen molar-refractivity contribution in [1.82, 2.24) is 0 Å². The summed E-state index contributed by atoms with van der Waals surface area (Å²) < 4.78 is 12.4. The van der Waals surface area contributed by atoms with E-state index >= 15 is 0 Å². The fourth-order valence-electron chi connectivity index (χ4n) is 2.43. The monoisotopic (exact) mass is 228 g/mol. The molecule has 96 valence electrons. The molecule has 0 saturated heterocycles. The first-order valence-corrected chi connectivity index (χ1v) is 6.52. The van der Waals surface area contributed by atoms with E-state index < -0.39 is 0 Å². The Hall–Kier alpha value is -0.0800. The molecule has 0 radical (unpaired) electrons. The number of hydrogen-bond acceptors (Lipinski definition) is 2. The van der Waals surface area contributed by atoms with Crippen LogP contribution in [0.5, 0.6) is 0 Å². The molecule has 0 aromatic heterocycles. The molecule has 16 heavy (non-hydrogen) atoms. The van der Waals surface area contributed by atoms with E-state index in [1.54, 1.807) is 0 Å². The largest absolute Gasteiger partial charge is 0.344 e. The molecule has 2 nitrogen and oxygen atoms in total. The number of hydrogen-bond donors (Lipinski definition) is 0. The Bertz CT molecular complexity index is 196. The van der Waals surface area contributed by atoms with Crippen LogP contribution in [0.25, 0.3) is 0 Å². The maximum absolute atomic E-state index is 6.22. The molecule has 1 fully saturated rings. The Morgan fingerprint density at radius 2 is 1.06 bits per heavy atom. The van der Waals surface area contributed by atoms with Crippen molar-refractivity contribution in [3.05, 3.63) is 0 Å². The van der Waals surface area contributed by atoms with Crippen molar-refractivity contribution in [2.45, 2.75) is 90.6 Å². The molecule has 0 N–H and O–H groups in total. The molecule has 0 aromatic carbocycles. The molecular formula is C14H28O2. The summed E-state index contributed by atoms with van der Waals surface area (Å²) in [5, 5.41) is 0. The lowest BCUT2D eigenvalue weighted by molar-refractivity contribution is -0.322. The molecule has 1 aliphatic rings. The van der Waals surface area contributed by atoms with Crippen LogP contribution in [0.1, 0.15) is 73.6 Å². The lowest BCUT2D eigenvalue weighted by Gasteiger charge is -2.45. The molecule has 1 aliphatic carbocycles. The maximum atomic E-state index is 6.22. The minimum atomic E-state index is -0.352. The van der Waals surface area contributed by atoms with Crippen LogP contribution in [0.3, 0.4) is 0 Å². The summed E-state index contributed by atoms with van der Waals surface area (Å²) in [7, 11) is 0. The van der Waals surface area contributed by atoms with Gasteiger partial charge in [-0.25, -0.2) is 0 Å². The smallest absolute Gasteiger partial charge is 0.169 e. The van der Waals surface area contributed by atoms with E-state index in [1.807, 2.05) is 0 Å². The van der Waals surface area contributed by atoms with Gasteiger partial charge in [-0.15, -0.1) is 0 Å². The molecule has 0 atom stereocenters. The van der Waals surface area contributed by atoms with Gasteiger partial charge in [-0.05, 0) is 54.4 Å². The first-order chi connectivity index (χ1) is 7.12. The van der Waals surface area contributed by atoms with E-state index in [1.165, 1.54) is 19.3 Å². The molecule has 2 heteroatoms. The van der Waals surface area contributed by atoms with Crippen LogP contribution in [-0.2, 0) is 9.47 Å². The third-order valence-corrected chi connectivity index (χ3v) is 2.60. The molecule has 1 saturated carbocycles. The molecule has 1 rings (SSSR count). The predicted octanol–water partition coefficient (Wildman–Crippen LogP) is 4.28. The topological polar surface area (TPSA) is 18.5 Å². The molecule has 0 heterocycles. The van der Waals surface area contributed by atoms with Crippen molar-refractivity contribution in [3.8, 4) is 0 Å². The van der Waals surface area contributed by atoms with Gasteiger partial charge in [-0.2, -0.15) is 0 Å². The van der Waals surface area contributed by atoms with Crippen molar-refractivity contribution in [3.63, 3.8) is 0 Å². The number of ether oxygens (including phenoxy) is 2. The predicted molar refractivity (Wildman–Crippen MR) is 67.5 cm³/mol. The van der Waals surface area contributed by atoms with Crippen LogP contribution in [0.2, 0.25) is 0 Å². The quantitative estimate of drug-likeness (QED) is 0.657. The Kier molecular flexibility index (Phi) is 4.07. The summed E-state index contributed by atoms with van der Waals surface area (Å²) in [6, 6.07) is 0. The fourth-order valence-corrected chi connectivity index (χ4v) is 2.43. The molecule has 0 aliphatic heterocycles. The average Bonchev–Trinajstić information content (AvgIpc) is 1.97. The van der Waals surface area contributed by atoms with Gasteiger partial charge in [0.1, 0.15) is 0 Å². The zero-order valence-corrected chi connectivity index (χ0v) is 11.9. The lowest BCUT2D eigenvalue weighted by Crippen LogP contribution is -2.48. The fraction of sp³-hybridized carbons (Fsp3) is 1.00. The first-order valence-electron chi connectivity index (χ1n) is 6.52. The van der Waals surface area contributed by atoms with Gasteiger partial charge in [0, 0.05) is 12.8 Å².